The maximum absolute atomic E-state index is 12.0. The van der Waals surface area contributed by atoms with Gasteiger partial charge >= 0.3 is 5.97 Å². The zero-order valence-electron chi connectivity index (χ0n) is 10.6. The molecule has 2 rings (SSSR count). The molecule has 0 bridgehead atoms. The van der Waals surface area contributed by atoms with Crippen molar-refractivity contribution < 1.29 is 19.1 Å². The Bertz CT molecular complexity index is 551. The third kappa shape index (κ3) is 2.05. The second-order valence-electron chi connectivity index (χ2n) is 4.22. The molecule has 0 radical (unpaired) electrons. The highest BCUT2D eigenvalue weighted by Crippen LogP contribution is 2.26. The number of imide groups is 1. The van der Waals surface area contributed by atoms with Crippen molar-refractivity contribution >= 4 is 23.6 Å². The van der Waals surface area contributed by atoms with E-state index in [1.54, 1.807) is 0 Å². The summed E-state index contributed by atoms with van der Waals surface area (Å²) in [6, 6.07) is -0.617. The van der Waals surface area contributed by atoms with Crippen LogP contribution in [-0.2, 0) is 14.3 Å². The number of anilines is 1. The first kappa shape index (κ1) is 13.1. The fourth-order valence-electron chi connectivity index (χ4n) is 2.03. The van der Waals surface area contributed by atoms with Crippen LogP contribution < -0.4 is 5.73 Å². The Morgan fingerprint density at radius 1 is 1.53 bits per heavy atom. The normalized spacial score (nSPS) is 19.7. The van der Waals surface area contributed by atoms with Gasteiger partial charge in [0.25, 0.3) is 5.91 Å². The monoisotopic (exact) mass is 266 g/mol. The van der Waals surface area contributed by atoms with Crippen LogP contribution >= 0.6 is 0 Å². The van der Waals surface area contributed by atoms with Gasteiger partial charge in [-0.1, -0.05) is 0 Å². The molecule has 0 aliphatic carbocycles. The van der Waals surface area contributed by atoms with E-state index in [2.05, 4.69) is 9.72 Å². The fourth-order valence-corrected chi connectivity index (χ4v) is 2.03. The first-order valence-electron chi connectivity index (χ1n) is 5.68. The van der Waals surface area contributed by atoms with Gasteiger partial charge < -0.3 is 15.0 Å². The Balaban J connectivity index is 2.33. The zero-order valence-corrected chi connectivity index (χ0v) is 10.6. The van der Waals surface area contributed by atoms with Crippen LogP contribution in [0, 0.1) is 0 Å². The van der Waals surface area contributed by atoms with Crippen molar-refractivity contribution in [1.82, 2.24) is 14.5 Å². The number of nitrogens with zero attached hydrogens (tertiary/aromatic N) is 3. The summed E-state index contributed by atoms with van der Waals surface area (Å²) in [5.74, 6) is -1.19. The van der Waals surface area contributed by atoms with Gasteiger partial charge in [-0.25, -0.2) is 9.78 Å². The lowest BCUT2D eigenvalue weighted by Gasteiger charge is -2.28. The van der Waals surface area contributed by atoms with Crippen LogP contribution in [0.3, 0.4) is 0 Å². The Morgan fingerprint density at radius 2 is 2.21 bits per heavy atom. The number of methoxy groups -OCH3 is 1. The first-order chi connectivity index (χ1) is 8.97. The van der Waals surface area contributed by atoms with Crippen LogP contribution in [0.5, 0.6) is 0 Å². The number of piperidine rings is 1. The number of carbonyl (C=O) groups excluding carboxylic acids is 3. The molecule has 2 heterocycles. The summed E-state index contributed by atoms with van der Waals surface area (Å²) in [5, 5.41) is 0. The molecule has 1 fully saturated rings. The molecule has 0 saturated carbocycles. The quantitative estimate of drug-likeness (QED) is 0.575. The van der Waals surface area contributed by atoms with Crippen LogP contribution in [0.15, 0.2) is 6.33 Å². The predicted molar refractivity (Wildman–Crippen MR) is 64.0 cm³/mol. The van der Waals surface area contributed by atoms with Crippen molar-refractivity contribution in [3.8, 4) is 0 Å². The summed E-state index contributed by atoms with van der Waals surface area (Å²) < 4.78 is 5.94. The minimum absolute atomic E-state index is 0.0325. The number of esters is 1. The van der Waals surface area contributed by atoms with Gasteiger partial charge in [0.1, 0.15) is 11.9 Å². The number of imidazole rings is 1. The summed E-state index contributed by atoms with van der Waals surface area (Å²) >= 11 is 0. The Labute approximate surface area is 109 Å². The summed E-state index contributed by atoms with van der Waals surface area (Å²) in [4.78, 5) is 39.7. The lowest BCUT2D eigenvalue weighted by molar-refractivity contribution is -0.149. The molecule has 1 aromatic heterocycles. The van der Waals surface area contributed by atoms with Crippen molar-refractivity contribution in [1.29, 1.82) is 0 Å². The van der Waals surface area contributed by atoms with Crippen LogP contribution in [0.4, 0.5) is 5.82 Å². The number of nitrogens with two attached hydrogens (primary N) is 1. The van der Waals surface area contributed by atoms with Gasteiger partial charge in [-0.05, 0) is 6.42 Å². The molecule has 2 amide bonds. The van der Waals surface area contributed by atoms with Crippen molar-refractivity contribution in [3.63, 3.8) is 0 Å². The second kappa shape index (κ2) is 4.71. The lowest BCUT2D eigenvalue weighted by atomic mass is 10.0. The predicted octanol–water partition coefficient (Wildman–Crippen LogP) is -0.428. The van der Waals surface area contributed by atoms with E-state index in [4.69, 9.17) is 5.73 Å². The van der Waals surface area contributed by atoms with Crippen LogP contribution in [0.25, 0.3) is 0 Å². The molecule has 1 aliphatic heterocycles. The molecule has 1 saturated heterocycles. The van der Waals surface area contributed by atoms with Gasteiger partial charge in [-0.3, -0.25) is 14.5 Å². The number of nitrogen functional groups attached to an aromatic ring is 1. The first-order valence-corrected chi connectivity index (χ1v) is 5.68. The molecule has 1 unspecified atom stereocenters. The average Bonchev–Trinajstić information content (AvgIpc) is 2.77. The number of likely N-dealkylation sites (tertiary alicyclic amines) is 1. The van der Waals surface area contributed by atoms with Crippen molar-refractivity contribution in [2.45, 2.75) is 18.9 Å². The third-order valence-electron chi connectivity index (χ3n) is 3.17. The van der Waals surface area contributed by atoms with Crippen molar-refractivity contribution in [2.24, 2.45) is 0 Å². The molecular weight excluding hydrogens is 252 g/mol. The number of rotatable bonds is 2. The largest absolute Gasteiger partial charge is 0.464 e. The van der Waals surface area contributed by atoms with E-state index in [1.165, 1.54) is 25.1 Å². The third-order valence-corrected chi connectivity index (χ3v) is 3.17. The second-order valence-corrected chi connectivity index (χ2v) is 4.22. The van der Waals surface area contributed by atoms with E-state index in [0.29, 0.717) is 6.42 Å². The summed E-state index contributed by atoms with van der Waals surface area (Å²) in [6.45, 7) is 0. The fraction of sp³-hybridized carbons (Fsp3) is 0.455. The average molecular weight is 266 g/mol. The molecule has 8 nitrogen and oxygen atoms in total. The van der Waals surface area contributed by atoms with E-state index in [1.807, 2.05) is 0 Å². The van der Waals surface area contributed by atoms with E-state index in [-0.39, 0.29) is 29.7 Å². The standard InChI is InChI=1S/C11H14N4O4/c1-14-7(16)4-3-6(10(14)17)15-5-13-8(9(15)12)11(18)19-2/h5-6H,3-4,12H2,1-2H3. The van der Waals surface area contributed by atoms with Crippen LogP contribution in [-0.4, -0.2) is 46.4 Å². The van der Waals surface area contributed by atoms with E-state index < -0.39 is 12.0 Å². The van der Waals surface area contributed by atoms with Gasteiger partial charge in [-0.2, -0.15) is 0 Å². The minimum atomic E-state index is -0.663. The van der Waals surface area contributed by atoms with E-state index >= 15 is 0 Å². The number of hydrogen-bond acceptors (Lipinski definition) is 6. The number of hydrogen-bond donors (Lipinski definition) is 1. The number of ether oxygens (including phenoxy) is 1. The highest BCUT2D eigenvalue weighted by atomic mass is 16.5. The Morgan fingerprint density at radius 3 is 2.84 bits per heavy atom. The molecule has 0 spiro atoms. The zero-order chi connectivity index (χ0) is 14.2. The van der Waals surface area contributed by atoms with E-state index in [0.717, 1.165) is 4.90 Å². The van der Waals surface area contributed by atoms with Gasteiger partial charge in [0.2, 0.25) is 5.91 Å². The Kier molecular flexibility index (Phi) is 3.24. The highest BCUT2D eigenvalue weighted by Gasteiger charge is 2.34. The molecule has 0 aromatic carbocycles. The number of amides is 2. The number of likely N-dealkylation sites (N-methyl/N-ethyl adjacent to an activating group) is 1. The number of carbonyl (C=O) groups is 3. The van der Waals surface area contributed by atoms with Crippen molar-refractivity contribution in [3.05, 3.63) is 12.0 Å². The molecule has 19 heavy (non-hydrogen) atoms. The minimum Gasteiger partial charge on any atom is -0.464 e. The maximum Gasteiger partial charge on any atom is 0.360 e. The smallest absolute Gasteiger partial charge is 0.360 e. The van der Waals surface area contributed by atoms with Crippen LogP contribution in [0.1, 0.15) is 29.4 Å². The SMILES string of the molecule is COC(=O)c1ncn(C2CCC(=O)N(C)C2=O)c1N. The summed E-state index contributed by atoms with van der Waals surface area (Å²) in [7, 11) is 2.64. The van der Waals surface area contributed by atoms with Gasteiger partial charge in [-0.15, -0.1) is 0 Å². The molecule has 1 aliphatic rings. The summed E-state index contributed by atoms with van der Waals surface area (Å²) in [6.07, 6.45) is 1.90. The molecule has 1 aromatic rings. The molecule has 8 heteroatoms. The van der Waals surface area contributed by atoms with Crippen LogP contribution in [0.2, 0.25) is 0 Å². The molecule has 102 valence electrons. The molecule has 2 N–H and O–H groups in total. The molecule has 1 atom stereocenters. The van der Waals surface area contributed by atoms with Gasteiger partial charge in [0.05, 0.1) is 13.4 Å². The number of aromatic nitrogens is 2. The summed E-state index contributed by atoms with van der Waals surface area (Å²) in [5.41, 5.74) is 5.76. The van der Waals surface area contributed by atoms with Crippen molar-refractivity contribution in [2.75, 3.05) is 19.9 Å². The lowest BCUT2D eigenvalue weighted by Crippen LogP contribution is -2.43. The maximum atomic E-state index is 12.0. The van der Waals surface area contributed by atoms with Gasteiger partial charge in [0, 0.05) is 13.5 Å². The van der Waals surface area contributed by atoms with E-state index in [9.17, 15) is 14.4 Å². The Hall–Kier alpha value is -2.38. The topological polar surface area (TPSA) is 108 Å². The molecular formula is C11H14N4O4. The van der Waals surface area contributed by atoms with Gasteiger partial charge in [0.15, 0.2) is 5.69 Å². The highest BCUT2D eigenvalue weighted by molar-refractivity contribution is 5.99.